The van der Waals surface area contributed by atoms with Crippen LogP contribution in [0.3, 0.4) is 0 Å². The first-order valence-corrected chi connectivity index (χ1v) is 7.32. The molecule has 0 saturated carbocycles. The molecule has 3 rings (SSSR count). The molecule has 21 heavy (non-hydrogen) atoms. The lowest BCUT2D eigenvalue weighted by Gasteiger charge is -2.22. The molecule has 1 aromatic heterocycles. The van der Waals surface area contributed by atoms with Crippen molar-refractivity contribution in [2.45, 2.75) is 12.5 Å². The van der Waals surface area contributed by atoms with Gasteiger partial charge in [-0.2, -0.15) is 0 Å². The lowest BCUT2D eigenvalue weighted by molar-refractivity contribution is 0.109. The summed E-state index contributed by atoms with van der Waals surface area (Å²) < 4.78 is 25.2. The molecule has 0 aliphatic carbocycles. The van der Waals surface area contributed by atoms with E-state index in [1.54, 1.807) is 0 Å². The summed E-state index contributed by atoms with van der Waals surface area (Å²) in [5.41, 5.74) is 0. The van der Waals surface area contributed by atoms with Gasteiger partial charge in [0.25, 0.3) is 0 Å². The molecule has 0 unspecified atom stereocenters. The molecule has 2 heterocycles. The number of ether oxygens (including phenoxy) is 1. The van der Waals surface area contributed by atoms with Crippen LogP contribution in [0.5, 0.6) is 5.75 Å². The highest BCUT2D eigenvalue weighted by Crippen LogP contribution is 2.37. The molecule has 1 aromatic carbocycles. The minimum atomic E-state index is -0.602. The van der Waals surface area contributed by atoms with Gasteiger partial charge in [0.2, 0.25) is 5.89 Å². The molecule has 0 amide bonds. The van der Waals surface area contributed by atoms with Crippen LogP contribution in [0.2, 0.25) is 10.0 Å². The maximum atomic E-state index is 14.0. The fraction of sp³-hybridized carbons (Fsp3) is 0.357. The molecule has 2 aromatic rings. The quantitative estimate of drug-likeness (QED) is 0.924. The summed E-state index contributed by atoms with van der Waals surface area (Å²) in [5.74, 6) is -0.0879. The first-order valence-electron chi connectivity index (χ1n) is 6.56. The van der Waals surface area contributed by atoms with Crippen LogP contribution in [0, 0.1) is 11.7 Å². The van der Waals surface area contributed by atoms with E-state index in [4.69, 9.17) is 32.4 Å². The Bertz CT molecular complexity index is 592. The number of hydrogen-bond donors (Lipinski definition) is 1. The van der Waals surface area contributed by atoms with Crippen LogP contribution in [-0.2, 0) is 0 Å². The number of halogens is 3. The van der Waals surface area contributed by atoms with Gasteiger partial charge in [-0.15, -0.1) is 0 Å². The monoisotopic (exact) mass is 330 g/mol. The smallest absolute Gasteiger partial charge is 0.235 e. The van der Waals surface area contributed by atoms with Crippen molar-refractivity contribution in [1.29, 1.82) is 0 Å². The first kappa shape index (κ1) is 14.6. The lowest BCUT2D eigenvalue weighted by Crippen LogP contribution is -2.22. The Labute approximate surface area is 131 Å². The third-order valence-electron chi connectivity index (χ3n) is 3.43. The van der Waals surface area contributed by atoms with Gasteiger partial charge in [0.05, 0.1) is 11.2 Å². The van der Waals surface area contributed by atoms with Crippen LogP contribution in [0.25, 0.3) is 0 Å². The minimum absolute atomic E-state index is 0.0313. The summed E-state index contributed by atoms with van der Waals surface area (Å²) in [4.78, 5) is 4.12. The Morgan fingerprint density at radius 2 is 2.29 bits per heavy atom. The van der Waals surface area contributed by atoms with Gasteiger partial charge in [-0.3, -0.25) is 0 Å². The SMILES string of the molecule is Fc1cc(Cl)cc(Cl)c1O[C@@H](c1ncco1)[C@H]1CCNC1. The van der Waals surface area contributed by atoms with E-state index in [2.05, 4.69) is 10.3 Å². The Morgan fingerprint density at radius 3 is 2.90 bits per heavy atom. The third-order valence-corrected chi connectivity index (χ3v) is 3.93. The second-order valence-electron chi connectivity index (χ2n) is 4.86. The summed E-state index contributed by atoms with van der Waals surface area (Å²) in [6.07, 6.45) is 3.39. The maximum absolute atomic E-state index is 14.0. The Hall–Kier alpha value is -1.30. The highest BCUT2D eigenvalue weighted by Gasteiger charge is 2.32. The Balaban J connectivity index is 1.91. The summed E-state index contributed by atoms with van der Waals surface area (Å²) >= 11 is 11.8. The number of nitrogens with zero attached hydrogens (tertiary/aromatic N) is 1. The molecule has 1 aliphatic heterocycles. The summed E-state index contributed by atoms with van der Waals surface area (Å²) in [6.45, 7) is 1.63. The van der Waals surface area contributed by atoms with Gasteiger partial charge in [0.1, 0.15) is 6.26 Å². The Kier molecular flexibility index (Phi) is 4.33. The summed E-state index contributed by atoms with van der Waals surface area (Å²) in [6, 6.07) is 2.61. The number of nitrogens with one attached hydrogen (secondary N) is 1. The molecule has 2 atom stereocenters. The average Bonchev–Trinajstić information content (AvgIpc) is 3.11. The second kappa shape index (κ2) is 6.22. The van der Waals surface area contributed by atoms with Crippen molar-refractivity contribution < 1.29 is 13.5 Å². The lowest BCUT2D eigenvalue weighted by atomic mass is 10.0. The average molecular weight is 331 g/mol. The van der Waals surface area contributed by atoms with E-state index in [9.17, 15) is 4.39 Å². The number of rotatable bonds is 4. The number of aromatic nitrogens is 1. The molecular weight excluding hydrogens is 318 g/mol. The van der Waals surface area contributed by atoms with Gasteiger partial charge in [-0.05, 0) is 25.1 Å². The number of hydrogen-bond acceptors (Lipinski definition) is 4. The third kappa shape index (κ3) is 3.15. The fourth-order valence-electron chi connectivity index (χ4n) is 2.43. The molecule has 1 saturated heterocycles. The molecule has 4 nitrogen and oxygen atoms in total. The fourth-order valence-corrected chi connectivity index (χ4v) is 2.94. The second-order valence-corrected chi connectivity index (χ2v) is 5.70. The van der Waals surface area contributed by atoms with Gasteiger partial charge in [-0.25, -0.2) is 9.37 Å². The highest BCUT2D eigenvalue weighted by atomic mass is 35.5. The van der Waals surface area contributed by atoms with Crippen molar-refractivity contribution in [1.82, 2.24) is 10.3 Å². The highest BCUT2D eigenvalue weighted by molar-refractivity contribution is 6.35. The zero-order valence-electron chi connectivity index (χ0n) is 11.0. The van der Waals surface area contributed by atoms with E-state index >= 15 is 0 Å². The van der Waals surface area contributed by atoms with Crippen molar-refractivity contribution in [3.63, 3.8) is 0 Å². The predicted octanol–water partition coefficient (Wildman–Crippen LogP) is 3.85. The molecule has 112 valence electrons. The molecule has 0 spiro atoms. The van der Waals surface area contributed by atoms with Gasteiger partial charge >= 0.3 is 0 Å². The molecule has 0 radical (unpaired) electrons. The van der Waals surface area contributed by atoms with Gasteiger partial charge in [0.15, 0.2) is 17.7 Å². The normalized spacial score (nSPS) is 19.7. The molecule has 1 aliphatic rings. The minimum Gasteiger partial charge on any atom is -0.476 e. The van der Waals surface area contributed by atoms with Crippen molar-refractivity contribution in [3.05, 3.63) is 46.3 Å². The van der Waals surface area contributed by atoms with Crippen LogP contribution in [0.15, 0.2) is 29.0 Å². The summed E-state index contributed by atoms with van der Waals surface area (Å²) in [5, 5.41) is 3.59. The van der Waals surface area contributed by atoms with E-state index in [-0.39, 0.29) is 21.7 Å². The molecule has 1 N–H and O–H groups in total. The zero-order valence-corrected chi connectivity index (χ0v) is 12.5. The molecule has 1 fully saturated rings. The van der Waals surface area contributed by atoms with E-state index in [1.165, 1.54) is 24.6 Å². The molecular formula is C14H13Cl2FN2O2. The Morgan fingerprint density at radius 1 is 1.43 bits per heavy atom. The first-order chi connectivity index (χ1) is 10.1. The van der Waals surface area contributed by atoms with Crippen molar-refractivity contribution in [3.8, 4) is 5.75 Å². The van der Waals surface area contributed by atoms with Gasteiger partial charge in [-0.1, -0.05) is 23.2 Å². The van der Waals surface area contributed by atoms with Crippen molar-refractivity contribution in [2.75, 3.05) is 13.1 Å². The van der Waals surface area contributed by atoms with Crippen LogP contribution in [0.1, 0.15) is 18.4 Å². The number of oxazole rings is 1. The topological polar surface area (TPSA) is 47.3 Å². The predicted molar refractivity (Wildman–Crippen MR) is 77.3 cm³/mol. The van der Waals surface area contributed by atoms with Crippen LogP contribution < -0.4 is 10.1 Å². The largest absolute Gasteiger partial charge is 0.476 e. The van der Waals surface area contributed by atoms with Crippen molar-refractivity contribution in [2.24, 2.45) is 5.92 Å². The van der Waals surface area contributed by atoms with Gasteiger partial charge in [0, 0.05) is 17.5 Å². The summed E-state index contributed by atoms with van der Waals surface area (Å²) in [7, 11) is 0. The number of benzene rings is 1. The van der Waals surface area contributed by atoms with Crippen molar-refractivity contribution >= 4 is 23.2 Å². The standard InChI is InChI=1S/C14H13Cl2FN2O2/c15-9-5-10(16)13(11(17)6-9)21-12(8-1-2-18-7-8)14-19-3-4-20-14/h3-6,8,12,18H,1-2,7H2/t8-,12+/m0/s1. The van der Waals surface area contributed by atoms with E-state index < -0.39 is 11.9 Å². The molecule has 0 bridgehead atoms. The van der Waals surface area contributed by atoms with Crippen LogP contribution in [-0.4, -0.2) is 18.1 Å². The zero-order chi connectivity index (χ0) is 14.8. The molecule has 7 heteroatoms. The van der Waals surface area contributed by atoms with Gasteiger partial charge < -0.3 is 14.5 Å². The van der Waals surface area contributed by atoms with Crippen LogP contribution in [0.4, 0.5) is 4.39 Å². The van der Waals surface area contributed by atoms with E-state index in [0.29, 0.717) is 5.89 Å². The van der Waals surface area contributed by atoms with E-state index in [0.717, 1.165) is 19.5 Å². The maximum Gasteiger partial charge on any atom is 0.235 e. The van der Waals surface area contributed by atoms with Crippen LogP contribution >= 0.6 is 23.2 Å². The van der Waals surface area contributed by atoms with E-state index in [1.807, 2.05) is 0 Å².